The van der Waals surface area contributed by atoms with E-state index in [2.05, 4.69) is 25.6 Å². The summed E-state index contributed by atoms with van der Waals surface area (Å²) in [6.07, 6.45) is 1.57. The van der Waals surface area contributed by atoms with E-state index in [0.717, 1.165) is 17.2 Å². The van der Waals surface area contributed by atoms with E-state index in [-0.39, 0.29) is 23.8 Å². The van der Waals surface area contributed by atoms with Crippen LogP contribution in [0.25, 0.3) is 17.2 Å². The van der Waals surface area contributed by atoms with Crippen LogP contribution in [0.5, 0.6) is 0 Å². The summed E-state index contributed by atoms with van der Waals surface area (Å²) >= 11 is 0. The molecule has 2 aromatic heterocycles. The minimum absolute atomic E-state index is 0.0185. The fourth-order valence-electron chi connectivity index (χ4n) is 3.99. The number of carbonyl (C=O) groups excluding carboxylic acids is 1. The monoisotopic (exact) mass is 432 g/mol. The van der Waals surface area contributed by atoms with E-state index < -0.39 is 17.6 Å². The van der Waals surface area contributed by atoms with Crippen LogP contribution in [-0.4, -0.2) is 30.9 Å². The summed E-state index contributed by atoms with van der Waals surface area (Å²) in [5, 5.41) is 15.5. The lowest BCUT2D eigenvalue weighted by molar-refractivity contribution is -0.116. The molecule has 1 aliphatic heterocycles. The number of amides is 1. The minimum atomic E-state index is -0.706. The third-order valence-electron chi connectivity index (χ3n) is 5.52. The molecule has 2 aromatic carbocycles. The van der Waals surface area contributed by atoms with Gasteiger partial charge in [0.2, 0.25) is 5.91 Å². The van der Waals surface area contributed by atoms with Gasteiger partial charge in [-0.3, -0.25) is 4.79 Å². The number of fused-ring (bicyclic) bond motifs is 1. The molecule has 1 N–H and O–H groups in total. The summed E-state index contributed by atoms with van der Waals surface area (Å²) in [7, 11) is 0. The lowest BCUT2D eigenvalue weighted by Gasteiger charge is -2.24. The van der Waals surface area contributed by atoms with Crippen molar-refractivity contribution in [1.29, 1.82) is 0 Å². The number of carbonyl (C=O) groups is 1. The number of hydrogen-bond donors (Lipinski definition) is 1. The molecule has 0 radical (unpaired) electrons. The molecular formula is C23H18F2N6O. The minimum Gasteiger partial charge on any atom is -0.310 e. The van der Waals surface area contributed by atoms with Gasteiger partial charge in [-0.15, -0.1) is 5.10 Å². The first kappa shape index (κ1) is 19.9. The van der Waals surface area contributed by atoms with Gasteiger partial charge in [0, 0.05) is 29.5 Å². The Labute approximate surface area is 182 Å². The van der Waals surface area contributed by atoms with Crippen molar-refractivity contribution in [3.8, 4) is 17.2 Å². The Morgan fingerprint density at radius 1 is 1.09 bits per heavy atom. The van der Waals surface area contributed by atoms with E-state index in [0.29, 0.717) is 22.8 Å². The molecular weight excluding hydrogens is 414 g/mol. The van der Waals surface area contributed by atoms with Crippen LogP contribution in [0.3, 0.4) is 0 Å². The predicted molar refractivity (Wildman–Crippen MR) is 113 cm³/mol. The molecule has 0 saturated heterocycles. The molecule has 5 rings (SSSR count). The first-order chi connectivity index (χ1) is 15.4. The largest absolute Gasteiger partial charge is 0.310 e. The van der Waals surface area contributed by atoms with Crippen LogP contribution in [0.2, 0.25) is 0 Å². The highest BCUT2D eigenvalue weighted by molar-refractivity contribution is 5.95. The summed E-state index contributed by atoms with van der Waals surface area (Å²) in [4.78, 5) is 17.1. The number of aryl methyl sites for hydroxylation is 2. The van der Waals surface area contributed by atoms with Gasteiger partial charge in [-0.2, -0.15) is 14.9 Å². The van der Waals surface area contributed by atoms with Crippen molar-refractivity contribution in [3.63, 3.8) is 0 Å². The van der Waals surface area contributed by atoms with E-state index in [4.69, 9.17) is 0 Å². The zero-order chi connectivity index (χ0) is 22.4. The first-order valence-corrected chi connectivity index (χ1v) is 10.0. The molecule has 160 valence electrons. The molecule has 0 bridgehead atoms. The average molecular weight is 432 g/mol. The van der Waals surface area contributed by atoms with Crippen LogP contribution >= 0.6 is 0 Å². The molecule has 0 saturated carbocycles. The summed E-state index contributed by atoms with van der Waals surface area (Å²) in [5.41, 5.74) is 4.03. The van der Waals surface area contributed by atoms with Crippen LogP contribution in [-0.2, 0) is 4.79 Å². The normalized spacial score (nSPS) is 15.4. The number of hydrogen-bond acceptors (Lipinski definition) is 5. The Bertz CT molecular complexity index is 1350. The number of nitrogens with zero attached hydrogens (tertiary/aromatic N) is 5. The quantitative estimate of drug-likeness (QED) is 0.527. The Hall–Kier alpha value is -4.01. The third kappa shape index (κ3) is 3.41. The molecule has 0 fully saturated rings. The molecule has 0 unspecified atom stereocenters. The maximum absolute atomic E-state index is 14.6. The Morgan fingerprint density at radius 3 is 2.62 bits per heavy atom. The van der Waals surface area contributed by atoms with Gasteiger partial charge in [0.25, 0.3) is 5.95 Å². The topological polar surface area (TPSA) is 85.6 Å². The van der Waals surface area contributed by atoms with E-state index in [1.165, 1.54) is 16.8 Å². The summed E-state index contributed by atoms with van der Waals surface area (Å²) in [6, 6.07) is 11.2. The first-order valence-electron chi connectivity index (χ1n) is 10.0. The van der Waals surface area contributed by atoms with Crippen molar-refractivity contribution < 1.29 is 13.6 Å². The van der Waals surface area contributed by atoms with Gasteiger partial charge in [-0.1, -0.05) is 35.9 Å². The second-order valence-electron chi connectivity index (χ2n) is 7.74. The molecule has 32 heavy (non-hydrogen) atoms. The van der Waals surface area contributed by atoms with Crippen molar-refractivity contribution in [2.75, 3.05) is 5.32 Å². The third-order valence-corrected chi connectivity index (χ3v) is 5.52. The molecule has 3 heterocycles. The molecule has 4 aromatic rings. The maximum Gasteiger partial charge on any atom is 0.272 e. The summed E-state index contributed by atoms with van der Waals surface area (Å²) < 4.78 is 29.4. The van der Waals surface area contributed by atoms with Gasteiger partial charge in [-0.05, 0) is 25.5 Å². The number of aromatic nitrogens is 5. The predicted octanol–water partition coefficient (Wildman–Crippen LogP) is 4.09. The van der Waals surface area contributed by atoms with E-state index >= 15 is 0 Å². The summed E-state index contributed by atoms with van der Waals surface area (Å²) in [5.74, 6) is -1.77. The van der Waals surface area contributed by atoms with Crippen LogP contribution in [0.4, 0.5) is 14.6 Å². The Balaban J connectivity index is 1.62. The standard InChI is InChI=1S/C23H18F2N6O/c1-12-3-5-14(6-4-12)19-11-26-29-23(27-19)31-22-21(13(2)30-31)17(10-20(32)28-22)16-8-7-15(24)9-18(16)25/h3-9,11,17H,10H2,1-2H3,(H,28,32)/t17-/m0/s1. The molecule has 7 nitrogen and oxygen atoms in total. The fourth-order valence-corrected chi connectivity index (χ4v) is 3.99. The number of benzene rings is 2. The maximum atomic E-state index is 14.6. The zero-order valence-corrected chi connectivity index (χ0v) is 17.3. The molecule has 0 aliphatic carbocycles. The summed E-state index contributed by atoms with van der Waals surface area (Å²) in [6.45, 7) is 3.76. The van der Waals surface area contributed by atoms with Crippen molar-refractivity contribution in [1.82, 2.24) is 25.0 Å². The highest BCUT2D eigenvalue weighted by Crippen LogP contribution is 2.40. The fraction of sp³-hybridized carbons (Fsp3) is 0.174. The molecule has 1 aliphatic rings. The van der Waals surface area contributed by atoms with Gasteiger partial charge in [0.05, 0.1) is 17.6 Å². The molecule has 0 spiro atoms. The second kappa shape index (κ2) is 7.60. The number of rotatable bonds is 3. The van der Waals surface area contributed by atoms with Gasteiger partial charge in [0.15, 0.2) is 0 Å². The van der Waals surface area contributed by atoms with Gasteiger partial charge in [-0.25, -0.2) is 13.8 Å². The Kier molecular flexibility index (Phi) is 4.73. The number of nitrogens with one attached hydrogen (secondary N) is 1. The van der Waals surface area contributed by atoms with E-state index in [1.807, 2.05) is 31.2 Å². The average Bonchev–Trinajstić information content (AvgIpc) is 3.10. The number of halogens is 2. The van der Waals surface area contributed by atoms with Crippen LogP contribution in [0.1, 0.15) is 34.7 Å². The van der Waals surface area contributed by atoms with Crippen LogP contribution in [0, 0.1) is 25.5 Å². The van der Waals surface area contributed by atoms with Gasteiger partial charge in [0.1, 0.15) is 17.5 Å². The lowest BCUT2D eigenvalue weighted by Crippen LogP contribution is -2.25. The van der Waals surface area contributed by atoms with Crippen molar-refractivity contribution >= 4 is 11.7 Å². The SMILES string of the molecule is Cc1ccc(-c2cnnc(-n3nc(C)c4c3NC(=O)C[C@H]4c3ccc(F)cc3F)n2)cc1. The van der Waals surface area contributed by atoms with Crippen molar-refractivity contribution in [2.45, 2.75) is 26.2 Å². The zero-order valence-electron chi connectivity index (χ0n) is 17.3. The molecule has 9 heteroatoms. The molecule has 1 atom stereocenters. The van der Waals surface area contributed by atoms with Crippen molar-refractivity contribution in [3.05, 3.63) is 82.7 Å². The Morgan fingerprint density at radius 2 is 1.88 bits per heavy atom. The van der Waals surface area contributed by atoms with E-state index in [9.17, 15) is 13.6 Å². The van der Waals surface area contributed by atoms with Crippen molar-refractivity contribution in [2.24, 2.45) is 0 Å². The lowest BCUT2D eigenvalue weighted by atomic mass is 9.85. The van der Waals surface area contributed by atoms with Gasteiger partial charge < -0.3 is 5.32 Å². The van der Waals surface area contributed by atoms with E-state index in [1.54, 1.807) is 13.1 Å². The molecule has 1 amide bonds. The number of anilines is 1. The smallest absolute Gasteiger partial charge is 0.272 e. The second-order valence-corrected chi connectivity index (χ2v) is 7.74. The van der Waals surface area contributed by atoms with Gasteiger partial charge >= 0.3 is 0 Å². The van der Waals surface area contributed by atoms with Crippen LogP contribution in [0.15, 0.2) is 48.7 Å². The highest BCUT2D eigenvalue weighted by Gasteiger charge is 2.34. The highest BCUT2D eigenvalue weighted by atomic mass is 19.1. The van der Waals surface area contributed by atoms with Crippen LogP contribution < -0.4 is 5.32 Å².